The zero-order valence-corrected chi connectivity index (χ0v) is 15.8. The summed E-state index contributed by atoms with van der Waals surface area (Å²) < 4.78 is 10.8. The van der Waals surface area contributed by atoms with Crippen molar-refractivity contribution in [2.24, 2.45) is 0 Å². The van der Waals surface area contributed by atoms with E-state index in [-0.39, 0.29) is 12.8 Å². The minimum Gasteiger partial charge on any atom is -0.454 e. The third-order valence-corrected chi connectivity index (χ3v) is 5.18. The summed E-state index contributed by atoms with van der Waals surface area (Å²) >= 11 is 0. The number of para-hydroxylation sites is 1. The Kier molecular flexibility index (Phi) is 4.44. The molecule has 5 rings (SSSR count). The first-order valence-electron chi connectivity index (χ1n) is 9.58. The van der Waals surface area contributed by atoms with Crippen molar-refractivity contribution in [1.29, 1.82) is 0 Å². The molecule has 0 unspecified atom stereocenters. The molecule has 0 saturated carbocycles. The lowest BCUT2D eigenvalue weighted by Crippen LogP contribution is -2.50. The summed E-state index contributed by atoms with van der Waals surface area (Å²) in [6, 6.07) is 17.6. The van der Waals surface area contributed by atoms with Gasteiger partial charge in [0.1, 0.15) is 0 Å². The second-order valence-electron chi connectivity index (χ2n) is 6.97. The predicted octanol–water partition coefficient (Wildman–Crippen LogP) is 3.16. The van der Waals surface area contributed by atoms with Crippen molar-refractivity contribution in [2.45, 2.75) is 0 Å². The van der Waals surface area contributed by atoms with E-state index in [0.717, 1.165) is 30.1 Å². The van der Waals surface area contributed by atoms with Crippen LogP contribution in [0.15, 0.2) is 54.6 Å². The monoisotopic (exact) mass is 391 g/mol. The van der Waals surface area contributed by atoms with Gasteiger partial charge < -0.3 is 19.3 Å². The van der Waals surface area contributed by atoms with Gasteiger partial charge in [0.15, 0.2) is 17.3 Å². The second kappa shape index (κ2) is 7.38. The SMILES string of the molecule is O=C(Nc1cc(-c2ccc3c(c2)OCO3)[nH]n1)N1CCN(c2ccccc2)CC1. The number of nitrogens with zero attached hydrogens (tertiary/aromatic N) is 3. The number of hydrogen-bond acceptors (Lipinski definition) is 5. The predicted molar refractivity (Wildman–Crippen MR) is 109 cm³/mol. The van der Waals surface area contributed by atoms with Gasteiger partial charge in [0, 0.05) is 43.5 Å². The quantitative estimate of drug-likeness (QED) is 0.717. The molecule has 8 heteroatoms. The number of aromatic amines is 1. The Morgan fingerprint density at radius 2 is 1.76 bits per heavy atom. The molecule has 2 N–H and O–H groups in total. The Labute approximate surface area is 168 Å². The average Bonchev–Trinajstić information content (AvgIpc) is 3.43. The van der Waals surface area contributed by atoms with E-state index in [2.05, 4.69) is 32.5 Å². The highest BCUT2D eigenvalue weighted by molar-refractivity contribution is 5.89. The minimum absolute atomic E-state index is 0.138. The standard InChI is InChI=1S/C21H21N5O3/c27-21(26-10-8-25(9-11-26)16-4-2-1-3-5-16)22-20-13-17(23-24-20)15-6-7-18-19(12-15)29-14-28-18/h1-7,12-13H,8-11,14H2,(H2,22,23,24,27). The molecule has 3 heterocycles. The smallest absolute Gasteiger partial charge is 0.323 e. The van der Waals surface area contributed by atoms with Gasteiger partial charge in [0.05, 0.1) is 5.69 Å². The van der Waals surface area contributed by atoms with Crippen LogP contribution in [0.3, 0.4) is 0 Å². The number of ether oxygens (including phenoxy) is 2. The summed E-state index contributed by atoms with van der Waals surface area (Å²) in [5.74, 6) is 1.93. The molecule has 8 nitrogen and oxygen atoms in total. The van der Waals surface area contributed by atoms with Gasteiger partial charge in [-0.2, -0.15) is 5.10 Å². The molecule has 148 valence electrons. The van der Waals surface area contributed by atoms with Crippen LogP contribution in [0.2, 0.25) is 0 Å². The summed E-state index contributed by atoms with van der Waals surface area (Å²) in [6.07, 6.45) is 0. The van der Waals surface area contributed by atoms with Crippen LogP contribution in [0.1, 0.15) is 0 Å². The van der Waals surface area contributed by atoms with Crippen molar-refractivity contribution < 1.29 is 14.3 Å². The van der Waals surface area contributed by atoms with E-state index in [1.54, 1.807) is 0 Å². The summed E-state index contributed by atoms with van der Waals surface area (Å²) in [5, 5.41) is 10.1. The normalized spacial score (nSPS) is 15.4. The highest BCUT2D eigenvalue weighted by atomic mass is 16.7. The van der Waals surface area contributed by atoms with Gasteiger partial charge in [0.2, 0.25) is 6.79 Å². The number of carbonyl (C=O) groups excluding carboxylic acids is 1. The van der Waals surface area contributed by atoms with Crippen LogP contribution >= 0.6 is 0 Å². The van der Waals surface area contributed by atoms with E-state index in [1.807, 2.05) is 47.4 Å². The van der Waals surface area contributed by atoms with E-state index in [4.69, 9.17) is 9.47 Å². The number of benzene rings is 2. The molecule has 1 saturated heterocycles. The maximum absolute atomic E-state index is 12.6. The number of H-pyrrole nitrogens is 1. The summed E-state index contributed by atoms with van der Waals surface area (Å²) in [6.45, 7) is 3.18. The van der Waals surface area contributed by atoms with Crippen LogP contribution in [-0.2, 0) is 0 Å². The van der Waals surface area contributed by atoms with Gasteiger partial charge in [-0.1, -0.05) is 18.2 Å². The van der Waals surface area contributed by atoms with Gasteiger partial charge in [-0.25, -0.2) is 4.79 Å². The first-order chi connectivity index (χ1) is 14.3. The Bertz CT molecular complexity index is 1010. The number of carbonyl (C=O) groups is 1. The zero-order valence-electron chi connectivity index (χ0n) is 15.8. The number of nitrogens with one attached hydrogen (secondary N) is 2. The second-order valence-corrected chi connectivity index (χ2v) is 6.97. The van der Waals surface area contributed by atoms with Gasteiger partial charge in [0.25, 0.3) is 0 Å². The van der Waals surface area contributed by atoms with E-state index < -0.39 is 0 Å². The minimum atomic E-state index is -0.138. The van der Waals surface area contributed by atoms with Crippen LogP contribution in [0.5, 0.6) is 11.5 Å². The van der Waals surface area contributed by atoms with Crippen LogP contribution < -0.4 is 19.7 Å². The lowest BCUT2D eigenvalue weighted by molar-refractivity contribution is 0.174. The largest absolute Gasteiger partial charge is 0.454 e. The molecule has 0 spiro atoms. The van der Waals surface area contributed by atoms with Crippen LogP contribution in [0.25, 0.3) is 11.3 Å². The van der Waals surface area contributed by atoms with Gasteiger partial charge in [-0.05, 0) is 30.3 Å². The molecule has 2 aliphatic heterocycles. The molecule has 1 fully saturated rings. The topological polar surface area (TPSA) is 82.7 Å². The molecule has 0 bridgehead atoms. The van der Waals surface area contributed by atoms with Crippen molar-refractivity contribution in [3.8, 4) is 22.8 Å². The number of urea groups is 1. The Morgan fingerprint density at radius 1 is 0.966 bits per heavy atom. The van der Waals surface area contributed by atoms with Gasteiger partial charge >= 0.3 is 6.03 Å². The van der Waals surface area contributed by atoms with Crippen molar-refractivity contribution in [2.75, 3.05) is 43.2 Å². The fourth-order valence-corrected chi connectivity index (χ4v) is 3.59. The maximum atomic E-state index is 12.6. The number of hydrogen-bond donors (Lipinski definition) is 2. The Balaban J connectivity index is 1.20. The molecule has 0 radical (unpaired) electrons. The highest BCUT2D eigenvalue weighted by Crippen LogP contribution is 2.35. The summed E-state index contributed by atoms with van der Waals surface area (Å²) in [7, 11) is 0. The molecule has 0 atom stereocenters. The third-order valence-electron chi connectivity index (χ3n) is 5.18. The lowest BCUT2D eigenvalue weighted by atomic mass is 10.1. The number of aromatic nitrogens is 2. The fourth-order valence-electron chi connectivity index (χ4n) is 3.59. The maximum Gasteiger partial charge on any atom is 0.323 e. The third kappa shape index (κ3) is 3.56. The van der Waals surface area contributed by atoms with E-state index in [1.165, 1.54) is 5.69 Å². The molecule has 29 heavy (non-hydrogen) atoms. The first kappa shape index (κ1) is 17.4. The van der Waals surface area contributed by atoms with Crippen LogP contribution in [0.4, 0.5) is 16.3 Å². The molecule has 1 aromatic heterocycles. The molecule has 2 amide bonds. The first-order valence-corrected chi connectivity index (χ1v) is 9.58. The van der Waals surface area contributed by atoms with E-state index in [9.17, 15) is 4.79 Å². The number of piperazine rings is 1. The number of amides is 2. The molecule has 0 aliphatic carbocycles. The highest BCUT2D eigenvalue weighted by Gasteiger charge is 2.22. The van der Waals surface area contributed by atoms with Crippen molar-refractivity contribution in [1.82, 2.24) is 15.1 Å². The fraction of sp³-hybridized carbons (Fsp3) is 0.238. The van der Waals surface area contributed by atoms with E-state index >= 15 is 0 Å². The van der Waals surface area contributed by atoms with Crippen molar-refractivity contribution in [3.05, 3.63) is 54.6 Å². The lowest BCUT2D eigenvalue weighted by Gasteiger charge is -2.35. The molecule has 2 aromatic carbocycles. The van der Waals surface area contributed by atoms with Crippen LogP contribution in [-0.4, -0.2) is 54.1 Å². The Morgan fingerprint density at radius 3 is 2.59 bits per heavy atom. The van der Waals surface area contributed by atoms with Crippen molar-refractivity contribution >= 4 is 17.5 Å². The van der Waals surface area contributed by atoms with Crippen molar-refractivity contribution in [3.63, 3.8) is 0 Å². The average molecular weight is 391 g/mol. The van der Waals surface area contributed by atoms with Gasteiger partial charge in [-0.3, -0.25) is 10.4 Å². The van der Waals surface area contributed by atoms with Crippen LogP contribution in [0, 0.1) is 0 Å². The zero-order chi connectivity index (χ0) is 19.6. The van der Waals surface area contributed by atoms with E-state index in [0.29, 0.717) is 24.7 Å². The summed E-state index contributed by atoms with van der Waals surface area (Å²) in [5.41, 5.74) is 2.90. The summed E-state index contributed by atoms with van der Waals surface area (Å²) in [4.78, 5) is 16.7. The number of rotatable bonds is 3. The number of anilines is 2. The number of fused-ring (bicyclic) bond motifs is 1. The molecule has 3 aromatic rings. The molecular weight excluding hydrogens is 370 g/mol. The molecule has 2 aliphatic rings. The Hall–Kier alpha value is -3.68. The molecular formula is C21H21N5O3. The van der Waals surface area contributed by atoms with Gasteiger partial charge in [-0.15, -0.1) is 0 Å².